The second kappa shape index (κ2) is 5.50. The van der Waals surface area contributed by atoms with Crippen molar-refractivity contribution in [2.75, 3.05) is 5.73 Å². The molecule has 3 rings (SSSR count). The molecule has 3 aromatic rings. The predicted octanol–water partition coefficient (Wildman–Crippen LogP) is 4.88. The summed E-state index contributed by atoms with van der Waals surface area (Å²) in [6.07, 6.45) is 0. The van der Waals surface area contributed by atoms with E-state index < -0.39 is 0 Å². The largest absolute Gasteiger partial charge is 0.382 e. The van der Waals surface area contributed by atoms with Gasteiger partial charge in [0.1, 0.15) is 5.82 Å². The van der Waals surface area contributed by atoms with Crippen molar-refractivity contribution in [2.24, 2.45) is 0 Å². The van der Waals surface area contributed by atoms with Crippen LogP contribution < -0.4 is 5.73 Å². The molecule has 0 amide bonds. The normalized spacial score (nSPS) is 10.8. The molecule has 0 saturated carbocycles. The zero-order chi connectivity index (χ0) is 15.0. The number of aromatic amines is 1. The quantitative estimate of drug-likeness (QED) is 0.679. The van der Waals surface area contributed by atoms with Gasteiger partial charge in [0.25, 0.3) is 0 Å². The lowest BCUT2D eigenvalue weighted by Crippen LogP contribution is -1.90. The highest BCUT2D eigenvalue weighted by molar-refractivity contribution is 9.10. The number of rotatable bonds is 2. The summed E-state index contributed by atoms with van der Waals surface area (Å²) in [5, 5.41) is 7.44. The van der Waals surface area contributed by atoms with Crippen molar-refractivity contribution in [3.63, 3.8) is 0 Å². The Hall–Kier alpha value is -1.85. The van der Waals surface area contributed by atoms with Gasteiger partial charge in [-0.05, 0) is 39.7 Å². The molecule has 0 saturated heterocycles. The Morgan fingerprint density at radius 1 is 1.19 bits per heavy atom. The number of benzene rings is 2. The highest BCUT2D eigenvalue weighted by Gasteiger charge is 2.18. The van der Waals surface area contributed by atoms with Gasteiger partial charge in [-0.1, -0.05) is 35.9 Å². The fourth-order valence-electron chi connectivity index (χ4n) is 2.18. The minimum Gasteiger partial charge on any atom is -0.382 e. The van der Waals surface area contributed by atoms with Crippen LogP contribution in [0.2, 0.25) is 5.02 Å². The van der Waals surface area contributed by atoms with E-state index in [2.05, 4.69) is 26.1 Å². The maximum Gasteiger partial charge on any atom is 0.153 e. The summed E-state index contributed by atoms with van der Waals surface area (Å²) < 4.78 is 14.2. The number of halogens is 3. The van der Waals surface area contributed by atoms with Crippen molar-refractivity contribution in [3.8, 4) is 22.4 Å². The number of nitrogen functional groups attached to an aromatic ring is 1. The first kappa shape index (κ1) is 14.1. The van der Waals surface area contributed by atoms with Gasteiger partial charge in [-0.25, -0.2) is 4.39 Å². The van der Waals surface area contributed by atoms with Gasteiger partial charge in [0, 0.05) is 10.0 Å². The zero-order valence-electron chi connectivity index (χ0n) is 10.7. The molecule has 0 spiro atoms. The van der Waals surface area contributed by atoms with Crippen LogP contribution in [0.3, 0.4) is 0 Å². The average Bonchev–Trinajstić information content (AvgIpc) is 2.83. The number of anilines is 1. The first-order valence-electron chi connectivity index (χ1n) is 6.12. The molecule has 21 heavy (non-hydrogen) atoms. The number of aromatic nitrogens is 2. The number of hydrogen-bond donors (Lipinski definition) is 2. The van der Waals surface area contributed by atoms with Crippen LogP contribution in [-0.2, 0) is 0 Å². The summed E-state index contributed by atoms with van der Waals surface area (Å²) in [5.74, 6) is -0.0361. The van der Waals surface area contributed by atoms with Crippen molar-refractivity contribution in [1.29, 1.82) is 0 Å². The fourth-order valence-corrected chi connectivity index (χ4v) is 2.77. The van der Waals surface area contributed by atoms with Crippen LogP contribution >= 0.6 is 27.5 Å². The second-order valence-corrected chi connectivity index (χ2v) is 5.70. The summed E-state index contributed by atoms with van der Waals surface area (Å²) in [6, 6.07) is 11.7. The molecule has 1 heterocycles. The summed E-state index contributed by atoms with van der Waals surface area (Å²) in [4.78, 5) is 0. The molecule has 0 aliphatic carbocycles. The van der Waals surface area contributed by atoms with Crippen LogP contribution in [0.15, 0.2) is 46.9 Å². The van der Waals surface area contributed by atoms with Crippen molar-refractivity contribution in [1.82, 2.24) is 10.2 Å². The third-order valence-corrected chi connectivity index (χ3v) is 4.42. The van der Waals surface area contributed by atoms with E-state index in [1.807, 2.05) is 18.2 Å². The van der Waals surface area contributed by atoms with Gasteiger partial charge in [0.05, 0.1) is 16.3 Å². The Morgan fingerprint density at radius 3 is 2.71 bits per heavy atom. The molecule has 0 aliphatic rings. The van der Waals surface area contributed by atoms with E-state index in [1.165, 1.54) is 12.1 Å². The fraction of sp³-hybridized carbons (Fsp3) is 0. The highest BCUT2D eigenvalue weighted by Crippen LogP contribution is 2.40. The van der Waals surface area contributed by atoms with E-state index in [0.717, 1.165) is 10.0 Å². The monoisotopic (exact) mass is 365 g/mol. The number of hydrogen-bond acceptors (Lipinski definition) is 2. The van der Waals surface area contributed by atoms with Crippen LogP contribution in [0.1, 0.15) is 0 Å². The molecule has 2 aromatic carbocycles. The van der Waals surface area contributed by atoms with E-state index in [1.54, 1.807) is 12.1 Å². The van der Waals surface area contributed by atoms with Crippen molar-refractivity contribution in [3.05, 3.63) is 57.8 Å². The number of nitrogens with two attached hydrogens (primary N) is 1. The minimum atomic E-state index is -0.334. The number of nitrogens with zero attached hydrogens (tertiary/aromatic N) is 1. The van der Waals surface area contributed by atoms with E-state index >= 15 is 0 Å². The van der Waals surface area contributed by atoms with Gasteiger partial charge in [-0.3, -0.25) is 5.10 Å². The number of nitrogens with one attached hydrogen (secondary N) is 1. The molecule has 3 nitrogen and oxygen atoms in total. The third-order valence-electron chi connectivity index (χ3n) is 3.13. The van der Waals surface area contributed by atoms with Crippen LogP contribution in [-0.4, -0.2) is 10.2 Å². The lowest BCUT2D eigenvalue weighted by atomic mass is 10.0. The molecular weight excluding hydrogens is 357 g/mol. The molecule has 6 heteroatoms. The lowest BCUT2D eigenvalue weighted by Gasteiger charge is -2.08. The Kier molecular flexibility index (Phi) is 3.69. The Balaban J connectivity index is 2.24. The molecule has 0 bridgehead atoms. The summed E-state index contributed by atoms with van der Waals surface area (Å²) in [7, 11) is 0. The molecular formula is C15H10BrClFN3. The van der Waals surface area contributed by atoms with E-state index in [-0.39, 0.29) is 5.82 Å². The lowest BCUT2D eigenvalue weighted by molar-refractivity contribution is 0.628. The van der Waals surface area contributed by atoms with Crippen LogP contribution in [0.25, 0.3) is 22.4 Å². The van der Waals surface area contributed by atoms with Gasteiger partial charge in [0.15, 0.2) is 5.82 Å². The molecule has 3 N–H and O–H groups in total. The smallest absolute Gasteiger partial charge is 0.153 e. The molecule has 0 fully saturated rings. The minimum absolute atomic E-state index is 0.298. The van der Waals surface area contributed by atoms with Gasteiger partial charge in [-0.15, -0.1) is 0 Å². The maximum atomic E-state index is 13.5. The third kappa shape index (κ3) is 2.54. The molecule has 1 aromatic heterocycles. The molecule has 0 radical (unpaired) electrons. The van der Waals surface area contributed by atoms with Crippen LogP contribution in [0.5, 0.6) is 0 Å². The Labute approximate surface area is 134 Å². The van der Waals surface area contributed by atoms with E-state index in [9.17, 15) is 4.39 Å². The van der Waals surface area contributed by atoms with Crippen molar-refractivity contribution >= 4 is 33.3 Å². The number of H-pyrrole nitrogens is 1. The standard InChI is InChI=1S/C15H10BrClFN3/c16-11-6-2-5-10(13(11)17)14-12(15(19)21-20-14)8-3-1-4-9(18)7-8/h1-7H,(H3,19,20,21). The van der Waals surface area contributed by atoms with Gasteiger partial charge >= 0.3 is 0 Å². The molecule has 106 valence electrons. The molecule has 0 atom stereocenters. The van der Waals surface area contributed by atoms with Gasteiger partial charge in [-0.2, -0.15) is 5.10 Å². The first-order chi connectivity index (χ1) is 10.1. The van der Waals surface area contributed by atoms with Gasteiger partial charge in [0.2, 0.25) is 0 Å². The van der Waals surface area contributed by atoms with Crippen molar-refractivity contribution < 1.29 is 4.39 Å². The second-order valence-electron chi connectivity index (χ2n) is 4.47. The SMILES string of the molecule is Nc1n[nH]c(-c2cccc(Br)c2Cl)c1-c1cccc(F)c1. The van der Waals surface area contributed by atoms with Gasteiger partial charge < -0.3 is 5.73 Å². The molecule has 0 unspecified atom stereocenters. The highest BCUT2D eigenvalue weighted by atomic mass is 79.9. The molecule has 0 aliphatic heterocycles. The van der Waals surface area contributed by atoms with Crippen LogP contribution in [0.4, 0.5) is 10.2 Å². The van der Waals surface area contributed by atoms with Crippen molar-refractivity contribution in [2.45, 2.75) is 0 Å². The maximum absolute atomic E-state index is 13.5. The van der Waals surface area contributed by atoms with Crippen LogP contribution in [0, 0.1) is 5.82 Å². The summed E-state index contributed by atoms with van der Waals surface area (Å²) >= 11 is 9.70. The van der Waals surface area contributed by atoms with E-state index in [4.69, 9.17) is 17.3 Å². The first-order valence-corrected chi connectivity index (χ1v) is 7.29. The summed E-state index contributed by atoms with van der Waals surface area (Å²) in [6.45, 7) is 0. The average molecular weight is 367 g/mol. The summed E-state index contributed by atoms with van der Waals surface area (Å²) in [5.41, 5.74) is 8.61. The van der Waals surface area contributed by atoms with E-state index in [0.29, 0.717) is 27.7 Å². The Bertz CT molecular complexity index is 816. The predicted molar refractivity (Wildman–Crippen MR) is 86.5 cm³/mol. The topological polar surface area (TPSA) is 54.7 Å². The Morgan fingerprint density at radius 2 is 1.95 bits per heavy atom. The zero-order valence-corrected chi connectivity index (χ0v) is 13.0.